The van der Waals surface area contributed by atoms with Crippen molar-refractivity contribution in [1.29, 1.82) is 5.26 Å². The molecule has 0 bridgehead atoms. The predicted octanol–water partition coefficient (Wildman–Crippen LogP) is 2.96. The Morgan fingerprint density at radius 1 is 1.17 bits per heavy atom. The van der Waals surface area contributed by atoms with Crippen LogP contribution in [0.4, 0.5) is 19.0 Å². The monoisotopic (exact) mass is 255 g/mol. The molecule has 2 heterocycles. The van der Waals surface area contributed by atoms with Gasteiger partial charge >= 0.3 is 6.18 Å². The third-order valence-corrected chi connectivity index (χ3v) is 2.94. The lowest BCUT2D eigenvalue weighted by molar-refractivity contribution is -0.141. The molecule has 0 unspecified atom stereocenters. The number of pyridine rings is 1. The number of anilines is 1. The van der Waals surface area contributed by atoms with E-state index in [0.29, 0.717) is 13.1 Å². The topological polar surface area (TPSA) is 39.9 Å². The Morgan fingerprint density at radius 2 is 1.83 bits per heavy atom. The maximum Gasteiger partial charge on any atom is 0.433 e. The van der Waals surface area contributed by atoms with E-state index in [1.807, 2.05) is 6.07 Å². The minimum Gasteiger partial charge on any atom is -0.356 e. The Hall–Kier alpha value is -1.77. The number of piperidine rings is 1. The molecule has 3 nitrogen and oxygen atoms in total. The number of rotatable bonds is 1. The maximum absolute atomic E-state index is 12.6. The summed E-state index contributed by atoms with van der Waals surface area (Å²) in [6.07, 6.45) is -1.57. The largest absolute Gasteiger partial charge is 0.433 e. The molecule has 0 N–H and O–H groups in total. The first-order valence-corrected chi connectivity index (χ1v) is 5.75. The van der Waals surface area contributed by atoms with Gasteiger partial charge in [0.15, 0.2) is 0 Å². The molecule has 0 spiro atoms. The molecule has 2 rings (SSSR count). The van der Waals surface area contributed by atoms with Crippen molar-refractivity contribution >= 4 is 5.82 Å². The van der Waals surface area contributed by atoms with E-state index in [0.717, 1.165) is 25.3 Å². The molecule has 1 saturated heterocycles. The lowest BCUT2D eigenvalue weighted by Gasteiger charge is -2.28. The first-order valence-electron chi connectivity index (χ1n) is 5.75. The average Bonchev–Trinajstić information content (AvgIpc) is 2.38. The Labute approximate surface area is 103 Å². The van der Waals surface area contributed by atoms with E-state index in [9.17, 15) is 13.2 Å². The van der Waals surface area contributed by atoms with Crippen molar-refractivity contribution in [1.82, 2.24) is 4.98 Å². The zero-order chi connectivity index (χ0) is 13.2. The molecular formula is C12H12F3N3. The maximum atomic E-state index is 12.6. The standard InChI is InChI=1S/C12H12F3N3/c13-12(14,15)10-5-4-9(8-16)11(17-10)18-6-2-1-3-7-18/h4-5H,1-3,6-7H2. The van der Waals surface area contributed by atoms with Crippen LogP contribution in [0, 0.1) is 11.3 Å². The molecular weight excluding hydrogens is 243 g/mol. The third kappa shape index (κ3) is 2.55. The fourth-order valence-electron chi connectivity index (χ4n) is 2.04. The summed E-state index contributed by atoms with van der Waals surface area (Å²) in [6, 6.07) is 3.95. The molecule has 6 heteroatoms. The highest BCUT2D eigenvalue weighted by atomic mass is 19.4. The average molecular weight is 255 g/mol. The minimum atomic E-state index is -4.47. The van der Waals surface area contributed by atoms with Gasteiger partial charge in [-0.05, 0) is 31.4 Å². The summed E-state index contributed by atoms with van der Waals surface area (Å²) in [4.78, 5) is 5.38. The number of aromatic nitrogens is 1. The number of nitrogens with zero attached hydrogens (tertiary/aromatic N) is 3. The summed E-state index contributed by atoms with van der Waals surface area (Å²) in [5.41, 5.74) is -0.744. The SMILES string of the molecule is N#Cc1ccc(C(F)(F)F)nc1N1CCCCC1. The van der Waals surface area contributed by atoms with Crippen molar-refractivity contribution < 1.29 is 13.2 Å². The molecule has 0 atom stereocenters. The minimum absolute atomic E-state index is 0.159. The van der Waals surface area contributed by atoms with Crippen LogP contribution < -0.4 is 4.90 Å². The summed E-state index contributed by atoms with van der Waals surface area (Å²) in [6.45, 7) is 1.31. The molecule has 1 aliphatic rings. The van der Waals surface area contributed by atoms with Crippen LogP contribution in [0.1, 0.15) is 30.5 Å². The molecule has 0 amide bonds. The molecule has 1 aromatic rings. The van der Waals surface area contributed by atoms with Gasteiger partial charge in [-0.25, -0.2) is 4.98 Å². The van der Waals surface area contributed by atoms with Crippen molar-refractivity contribution in [3.63, 3.8) is 0 Å². The van der Waals surface area contributed by atoms with Crippen LogP contribution in [0.2, 0.25) is 0 Å². The quantitative estimate of drug-likeness (QED) is 0.774. The number of hydrogen-bond donors (Lipinski definition) is 0. The number of nitriles is 1. The van der Waals surface area contributed by atoms with E-state index < -0.39 is 11.9 Å². The van der Waals surface area contributed by atoms with E-state index in [-0.39, 0.29) is 11.4 Å². The lowest BCUT2D eigenvalue weighted by Crippen LogP contribution is -2.31. The van der Waals surface area contributed by atoms with Crippen LogP contribution >= 0.6 is 0 Å². The first kappa shape index (κ1) is 12.7. The fourth-order valence-corrected chi connectivity index (χ4v) is 2.04. The molecule has 1 fully saturated rings. The van der Waals surface area contributed by atoms with Crippen molar-refractivity contribution in [3.8, 4) is 6.07 Å². The number of alkyl halides is 3. The number of halogens is 3. The van der Waals surface area contributed by atoms with E-state index in [4.69, 9.17) is 5.26 Å². The van der Waals surface area contributed by atoms with E-state index in [1.165, 1.54) is 6.07 Å². The zero-order valence-corrected chi connectivity index (χ0v) is 9.67. The summed E-state index contributed by atoms with van der Waals surface area (Å²) in [7, 11) is 0. The summed E-state index contributed by atoms with van der Waals surface area (Å²) < 4.78 is 37.8. The van der Waals surface area contributed by atoms with Gasteiger partial charge in [-0.1, -0.05) is 0 Å². The molecule has 0 radical (unpaired) electrons. The Balaban J connectivity index is 2.39. The molecule has 1 aromatic heterocycles. The highest BCUT2D eigenvalue weighted by Crippen LogP contribution is 2.31. The zero-order valence-electron chi connectivity index (χ0n) is 9.67. The van der Waals surface area contributed by atoms with Gasteiger partial charge in [0.2, 0.25) is 0 Å². The van der Waals surface area contributed by atoms with Crippen LogP contribution in [0.3, 0.4) is 0 Å². The van der Waals surface area contributed by atoms with E-state index in [2.05, 4.69) is 4.98 Å². The van der Waals surface area contributed by atoms with Crippen LogP contribution in [-0.4, -0.2) is 18.1 Å². The van der Waals surface area contributed by atoms with Crippen LogP contribution in [0.5, 0.6) is 0 Å². The van der Waals surface area contributed by atoms with Gasteiger partial charge in [-0.3, -0.25) is 0 Å². The molecule has 0 aliphatic carbocycles. The highest BCUT2D eigenvalue weighted by molar-refractivity contribution is 5.54. The first-order chi connectivity index (χ1) is 8.52. The summed E-state index contributed by atoms with van der Waals surface area (Å²) >= 11 is 0. The van der Waals surface area contributed by atoms with Crippen LogP contribution in [-0.2, 0) is 6.18 Å². The van der Waals surface area contributed by atoms with Crippen LogP contribution in [0.15, 0.2) is 12.1 Å². The smallest absolute Gasteiger partial charge is 0.356 e. The van der Waals surface area contributed by atoms with Gasteiger partial charge in [0, 0.05) is 13.1 Å². The second-order valence-corrected chi connectivity index (χ2v) is 4.22. The Kier molecular flexibility index (Phi) is 3.41. The summed E-state index contributed by atoms with van der Waals surface area (Å²) in [5, 5.41) is 8.94. The van der Waals surface area contributed by atoms with E-state index >= 15 is 0 Å². The van der Waals surface area contributed by atoms with Gasteiger partial charge in [-0.2, -0.15) is 18.4 Å². The third-order valence-electron chi connectivity index (χ3n) is 2.94. The van der Waals surface area contributed by atoms with Gasteiger partial charge < -0.3 is 4.90 Å². The molecule has 96 valence electrons. The predicted molar refractivity (Wildman–Crippen MR) is 60.0 cm³/mol. The van der Waals surface area contributed by atoms with Crippen molar-refractivity contribution in [2.45, 2.75) is 25.4 Å². The molecule has 0 saturated carbocycles. The summed E-state index contributed by atoms with van der Waals surface area (Å²) in [5.74, 6) is 0.159. The van der Waals surface area contributed by atoms with Gasteiger partial charge in [0.1, 0.15) is 17.6 Å². The molecule has 0 aromatic carbocycles. The Bertz CT molecular complexity index is 470. The number of hydrogen-bond acceptors (Lipinski definition) is 3. The normalized spacial score (nSPS) is 16.4. The fraction of sp³-hybridized carbons (Fsp3) is 0.500. The second kappa shape index (κ2) is 4.84. The van der Waals surface area contributed by atoms with Gasteiger partial charge in [0.05, 0.1) is 5.56 Å². The Morgan fingerprint density at radius 3 is 2.39 bits per heavy atom. The molecule has 18 heavy (non-hydrogen) atoms. The molecule has 1 aliphatic heterocycles. The van der Waals surface area contributed by atoms with E-state index in [1.54, 1.807) is 4.90 Å². The van der Waals surface area contributed by atoms with Gasteiger partial charge in [0.25, 0.3) is 0 Å². The second-order valence-electron chi connectivity index (χ2n) is 4.22. The van der Waals surface area contributed by atoms with Gasteiger partial charge in [-0.15, -0.1) is 0 Å². The highest BCUT2D eigenvalue weighted by Gasteiger charge is 2.33. The van der Waals surface area contributed by atoms with Crippen molar-refractivity contribution in [2.24, 2.45) is 0 Å². The van der Waals surface area contributed by atoms with Crippen molar-refractivity contribution in [3.05, 3.63) is 23.4 Å². The lowest BCUT2D eigenvalue weighted by atomic mass is 10.1. The van der Waals surface area contributed by atoms with Crippen LogP contribution in [0.25, 0.3) is 0 Å². The van der Waals surface area contributed by atoms with Crippen molar-refractivity contribution in [2.75, 3.05) is 18.0 Å².